The topological polar surface area (TPSA) is 0 Å². The molecule has 0 aromatic carbocycles. The third-order valence-corrected chi connectivity index (χ3v) is 2.45. The molecule has 0 amide bonds. The summed E-state index contributed by atoms with van der Waals surface area (Å²) >= 11 is 0. The molecule has 0 saturated carbocycles. The van der Waals surface area contributed by atoms with Gasteiger partial charge in [-0.1, -0.05) is 64.0 Å². The fraction of sp³-hybridized carbons (Fsp3) is 0.714. The highest BCUT2D eigenvalue weighted by Crippen LogP contribution is 2.09. The van der Waals surface area contributed by atoms with Gasteiger partial charge in [0.15, 0.2) is 0 Å². The van der Waals surface area contributed by atoms with Crippen molar-refractivity contribution < 1.29 is 0 Å². The molecule has 82 valence electrons. The van der Waals surface area contributed by atoms with Crippen molar-refractivity contribution in [3.05, 3.63) is 26.0 Å². The van der Waals surface area contributed by atoms with Gasteiger partial charge in [0.25, 0.3) is 0 Å². The summed E-state index contributed by atoms with van der Waals surface area (Å²) in [4.78, 5) is 0. The summed E-state index contributed by atoms with van der Waals surface area (Å²) in [5.74, 6) is 0. The average molecular weight is 194 g/mol. The minimum atomic E-state index is 0.936. The van der Waals surface area contributed by atoms with Gasteiger partial charge in [-0.05, 0) is 26.2 Å². The lowest BCUT2D eigenvalue weighted by molar-refractivity contribution is 0.583. The van der Waals surface area contributed by atoms with Gasteiger partial charge in [0.05, 0.1) is 0 Å². The van der Waals surface area contributed by atoms with Crippen LogP contribution < -0.4 is 0 Å². The molecule has 0 aromatic rings. The van der Waals surface area contributed by atoms with Gasteiger partial charge in [-0.15, -0.1) is 0 Å². The second-order valence-corrected chi connectivity index (χ2v) is 3.88. The highest BCUT2D eigenvalue weighted by Gasteiger charge is 1.89. The van der Waals surface area contributed by atoms with Gasteiger partial charge >= 0.3 is 0 Å². The maximum Gasteiger partial charge on any atom is -0.0351 e. The number of unbranched alkanes of at least 4 members (excludes halogenated alkanes) is 8. The lowest BCUT2D eigenvalue weighted by Gasteiger charge is -1.99. The Labute approximate surface area is 90.8 Å². The molecule has 0 nitrogen and oxygen atoms in total. The van der Waals surface area contributed by atoms with E-state index in [0.29, 0.717) is 0 Å². The molecule has 0 aromatic heterocycles. The van der Waals surface area contributed by atoms with Gasteiger partial charge in [0.2, 0.25) is 0 Å². The van der Waals surface area contributed by atoms with E-state index >= 15 is 0 Å². The predicted octanol–water partition coefficient (Wildman–Crippen LogP) is 5.11. The second kappa shape index (κ2) is 12.7. The number of allylic oxidation sites excluding steroid dienone is 2. The minimum absolute atomic E-state index is 0.936. The van der Waals surface area contributed by atoms with Crippen molar-refractivity contribution >= 4 is 0 Å². The van der Waals surface area contributed by atoms with Gasteiger partial charge in [-0.25, -0.2) is 0 Å². The largest absolute Gasteiger partial charge is 0.0885 e. The normalized spacial score (nSPS) is 11.3. The van der Waals surface area contributed by atoms with Gasteiger partial charge in [0, 0.05) is 0 Å². The van der Waals surface area contributed by atoms with Crippen molar-refractivity contribution in [2.75, 3.05) is 0 Å². The van der Waals surface area contributed by atoms with Crippen molar-refractivity contribution in [2.45, 2.75) is 64.2 Å². The Morgan fingerprint density at radius 3 is 1.79 bits per heavy atom. The molecule has 0 atom stereocenters. The van der Waals surface area contributed by atoms with Crippen LogP contribution in [0.15, 0.2) is 12.2 Å². The average Bonchev–Trinajstić information content (AvgIpc) is 2.21. The molecule has 0 spiro atoms. The molecule has 0 fully saturated rings. The smallest absolute Gasteiger partial charge is 0.0351 e. The maximum atomic E-state index is 3.85. The van der Waals surface area contributed by atoms with Gasteiger partial charge in [-0.3, -0.25) is 0 Å². The molecule has 0 aliphatic heterocycles. The van der Waals surface area contributed by atoms with E-state index in [0.717, 1.165) is 12.8 Å². The fourth-order valence-electron chi connectivity index (χ4n) is 1.56. The van der Waals surface area contributed by atoms with Gasteiger partial charge in [0.1, 0.15) is 0 Å². The molecule has 0 N–H and O–H groups in total. The summed E-state index contributed by atoms with van der Waals surface area (Å²) in [6.45, 7) is 7.62. The number of rotatable bonds is 10. The minimum Gasteiger partial charge on any atom is -0.0885 e. The summed E-state index contributed by atoms with van der Waals surface area (Å²) in [5, 5.41) is 0. The summed E-state index contributed by atoms with van der Waals surface area (Å²) in [7, 11) is 0. The Bertz CT molecular complexity index is 113. The zero-order chi connectivity index (χ0) is 10.5. The Balaban J connectivity index is 2.88. The highest BCUT2D eigenvalue weighted by atomic mass is 14.0. The van der Waals surface area contributed by atoms with E-state index in [2.05, 4.69) is 26.0 Å². The first kappa shape index (κ1) is 13.7. The van der Waals surface area contributed by atoms with E-state index in [9.17, 15) is 0 Å². The van der Waals surface area contributed by atoms with Gasteiger partial charge < -0.3 is 0 Å². The van der Waals surface area contributed by atoms with Crippen LogP contribution in [0.3, 0.4) is 0 Å². The standard InChI is InChI=1S/C14H26/c1-3-5-7-9-11-13-14-12-10-8-6-4-2/h5,7H,1-4,6,8-14H2. The van der Waals surface area contributed by atoms with E-state index in [1.165, 1.54) is 51.4 Å². The summed E-state index contributed by atoms with van der Waals surface area (Å²) in [6.07, 6.45) is 17.4. The summed E-state index contributed by atoms with van der Waals surface area (Å²) in [5.41, 5.74) is 0. The molecule has 14 heavy (non-hydrogen) atoms. The summed E-state index contributed by atoms with van der Waals surface area (Å²) < 4.78 is 0. The second-order valence-electron chi connectivity index (χ2n) is 3.88. The van der Waals surface area contributed by atoms with Crippen LogP contribution >= 0.6 is 0 Å². The van der Waals surface area contributed by atoms with Gasteiger partial charge in [-0.2, -0.15) is 0 Å². The number of hydrogen-bond acceptors (Lipinski definition) is 0. The van der Waals surface area contributed by atoms with E-state index in [1.807, 2.05) is 0 Å². The van der Waals surface area contributed by atoms with Crippen molar-refractivity contribution in [2.24, 2.45) is 0 Å². The van der Waals surface area contributed by atoms with Crippen LogP contribution in [0.1, 0.15) is 64.2 Å². The molecular formula is C14H26. The van der Waals surface area contributed by atoms with E-state index in [1.54, 1.807) is 0 Å². The van der Waals surface area contributed by atoms with Crippen molar-refractivity contribution in [3.8, 4) is 0 Å². The lowest BCUT2D eigenvalue weighted by Crippen LogP contribution is -1.79. The van der Waals surface area contributed by atoms with Crippen molar-refractivity contribution in [1.82, 2.24) is 0 Å². The molecule has 2 radical (unpaired) electrons. The Hall–Kier alpha value is -0.260. The van der Waals surface area contributed by atoms with Crippen LogP contribution in [0.2, 0.25) is 0 Å². The van der Waals surface area contributed by atoms with E-state index in [4.69, 9.17) is 0 Å². The zero-order valence-corrected chi connectivity index (χ0v) is 9.64. The Morgan fingerprint density at radius 1 is 0.643 bits per heavy atom. The molecule has 0 aliphatic rings. The molecule has 0 rings (SSSR count). The first-order chi connectivity index (χ1) is 6.91. The molecule has 0 unspecified atom stereocenters. The Kier molecular flexibility index (Phi) is 12.5. The fourth-order valence-corrected chi connectivity index (χ4v) is 1.56. The van der Waals surface area contributed by atoms with Crippen LogP contribution in [-0.2, 0) is 0 Å². The van der Waals surface area contributed by atoms with Crippen LogP contribution in [0.4, 0.5) is 0 Å². The molecular weight excluding hydrogens is 168 g/mol. The summed E-state index contributed by atoms with van der Waals surface area (Å²) in [6, 6.07) is 0. The highest BCUT2D eigenvalue weighted by molar-refractivity contribution is 4.81. The first-order valence-corrected chi connectivity index (χ1v) is 6.15. The van der Waals surface area contributed by atoms with Crippen LogP contribution in [0.25, 0.3) is 0 Å². The maximum absolute atomic E-state index is 3.85. The van der Waals surface area contributed by atoms with Crippen LogP contribution in [-0.4, -0.2) is 0 Å². The molecule has 0 saturated heterocycles. The molecule has 0 bridgehead atoms. The number of hydrogen-bond donors (Lipinski definition) is 0. The molecule has 0 heterocycles. The predicted molar refractivity (Wildman–Crippen MR) is 66.0 cm³/mol. The monoisotopic (exact) mass is 194 g/mol. The van der Waals surface area contributed by atoms with Crippen molar-refractivity contribution in [3.63, 3.8) is 0 Å². The quantitative estimate of drug-likeness (QED) is 0.335. The Morgan fingerprint density at radius 2 is 1.21 bits per heavy atom. The van der Waals surface area contributed by atoms with E-state index < -0.39 is 0 Å². The lowest BCUT2D eigenvalue weighted by atomic mass is 10.1. The zero-order valence-electron chi connectivity index (χ0n) is 9.64. The first-order valence-electron chi connectivity index (χ1n) is 6.15. The van der Waals surface area contributed by atoms with Crippen molar-refractivity contribution in [1.29, 1.82) is 0 Å². The van der Waals surface area contributed by atoms with Crippen LogP contribution in [0, 0.1) is 13.8 Å². The van der Waals surface area contributed by atoms with E-state index in [-0.39, 0.29) is 0 Å². The SMILES string of the molecule is [CH2]CC=CCCCCCCCCC[CH2]. The van der Waals surface area contributed by atoms with Crippen LogP contribution in [0.5, 0.6) is 0 Å². The third kappa shape index (κ3) is 11.7. The molecule has 0 heteroatoms. The third-order valence-electron chi connectivity index (χ3n) is 2.45. The molecule has 0 aliphatic carbocycles.